The van der Waals surface area contributed by atoms with Crippen LogP contribution in [0.2, 0.25) is 0 Å². The van der Waals surface area contributed by atoms with E-state index in [4.69, 9.17) is 19.1 Å². The maximum absolute atomic E-state index is 10.8. The van der Waals surface area contributed by atoms with Crippen molar-refractivity contribution >= 4 is 5.97 Å². The number of carbonyl (C=O) groups is 1. The molecule has 0 bridgehead atoms. The van der Waals surface area contributed by atoms with Crippen LogP contribution in [0.1, 0.15) is 21.8 Å². The number of aromatic nitrogens is 1. The normalized spacial score (nSPS) is 10.2. The maximum atomic E-state index is 10.8. The van der Waals surface area contributed by atoms with Crippen molar-refractivity contribution < 1.29 is 23.9 Å². The van der Waals surface area contributed by atoms with Gasteiger partial charge in [-0.05, 0) is 25.1 Å². The Balaban J connectivity index is 2.13. The van der Waals surface area contributed by atoms with Gasteiger partial charge in [0.15, 0.2) is 11.5 Å². The predicted molar refractivity (Wildman–Crippen MR) is 65.5 cm³/mol. The summed E-state index contributed by atoms with van der Waals surface area (Å²) in [6, 6.07) is 6.17. The fourth-order valence-corrected chi connectivity index (χ4v) is 1.56. The van der Waals surface area contributed by atoms with E-state index >= 15 is 0 Å². The Labute approximate surface area is 109 Å². The van der Waals surface area contributed by atoms with Crippen LogP contribution < -0.4 is 9.47 Å². The van der Waals surface area contributed by atoms with Crippen LogP contribution in [0.25, 0.3) is 0 Å². The van der Waals surface area contributed by atoms with Crippen LogP contribution in [-0.2, 0) is 6.61 Å². The van der Waals surface area contributed by atoms with Gasteiger partial charge in [0, 0.05) is 6.07 Å². The molecular weight excluding hydrogens is 250 g/mol. The number of hydrogen-bond donors (Lipinski definition) is 1. The molecule has 6 heteroatoms. The van der Waals surface area contributed by atoms with Crippen molar-refractivity contribution in [3.05, 3.63) is 41.3 Å². The molecule has 6 nitrogen and oxygen atoms in total. The van der Waals surface area contributed by atoms with E-state index in [1.54, 1.807) is 19.1 Å². The molecule has 0 aliphatic carbocycles. The molecule has 2 aromatic rings. The monoisotopic (exact) mass is 263 g/mol. The van der Waals surface area contributed by atoms with Crippen molar-refractivity contribution in [2.24, 2.45) is 0 Å². The second-order valence-electron chi connectivity index (χ2n) is 3.89. The summed E-state index contributed by atoms with van der Waals surface area (Å²) < 4.78 is 15.5. The lowest BCUT2D eigenvalue weighted by Gasteiger charge is -2.09. The second kappa shape index (κ2) is 5.43. The van der Waals surface area contributed by atoms with Crippen LogP contribution in [0.4, 0.5) is 0 Å². The van der Waals surface area contributed by atoms with Crippen molar-refractivity contribution in [3.63, 3.8) is 0 Å². The largest absolute Gasteiger partial charge is 0.493 e. The highest BCUT2D eigenvalue weighted by atomic mass is 16.5. The number of ether oxygens (including phenoxy) is 2. The number of carboxylic acid groups (broad SMARTS) is 1. The summed E-state index contributed by atoms with van der Waals surface area (Å²) in [4.78, 5) is 10.8. The van der Waals surface area contributed by atoms with Crippen LogP contribution in [0.5, 0.6) is 11.5 Å². The highest BCUT2D eigenvalue weighted by Gasteiger charge is 2.11. The first kappa shape index (κ1) is 12.9. The van der Waals surface area contributed by atoms with Crippen molar-refractivity contribution in [1.82, 2.24) is 5.16 Å². The first-order chi connectivity index (χ1) is 9.10. The summed E-state index contributed by atoms with van der Waals surface area (Å²) in [7, 11) is 1.45. The zero-order valence-corrected chi connectivity index (χ0v) is 10.5. The van der Waals surface area contributed by atoms with Gasteiger partial charge in [-0.1, -0.05) is 5.16 Å². The summed E-state index contributed by atoms with van der Waals surface area (Å²) in [5.74, 6) is 0.497. The minimum absolute atomic E-state index is 0.140. The van der Waals surface area contributed by atoms with Gasteiger partial charge in [0.25, 0.3) is 0 Å². The van der Waals surface area contributed by atoms with Gasteiger partial charge in [-0.2, -0.15) is 0 Å². The van der Waals surface area contributed by atoms with E-state index in [1.807, 2.05) is 0 Å². The van der Waals surface area contributed by atoms with Crippen molar-refractivity contribution in [2.45, 2.75) is 13.5 Å². The lowest BCUT2D eigenvalue weighted by Crippen LogP contribution is -2.01. The summed E-state index contributed by atoms with van der Waals surface area (Å²) in [6.07, 6.45) is 0. The third-order valence-corrected chi connectivity index (χ3v) is 2.46. The molecule has 0 radical (unpaired) electrons. The molecular formula is C13H13NO5. The molecule has 2 rings (SSSR count). The Morgan fingerprint density at radius 2 is 2.16 bits per heavy atom. The number of aromatic carboxylic acids is 1. The van der Waals surface area contributed by atoms with Gasteiger partial charge in [0.05, 0.1) is 12.7 Å². The summed E-state index contributed by atoms with van der Waals surface area (Å²) in [5, 5.41) is 12.7. The standard InChI is InChI=1S/C13H13NO5/c1-8-5-10(14-19-8)7-18-11-4-3-9(13(15)16)6-12(11)17-2/h3-6H,7H2,1-2H3,(H,15,16). The van der Waals surface area contributed by atoms with Gasteiger partial charge in [0.1, 0.15) is 18.1 Å². The number of aryl methyl sites for hydroxylation is 1. The Morgan fingerprint density at radius 3 is 2.74 bits per heavy atom. The molecule has 100 valence electrons. The SMILES string of the molecule is COc1cc(C(=O)O)ccc1OCc1cc(C)on1. The van der Waals surface area contributed by atoms with E-state index in [9.17, 15) is 4.79 Å². The molecule has 0 saturated carbocycles. The third kappa shape index (κ3) is 3.04. The first-order valence-electron chi connectivity index (χ1n) is 5.56. The number of rotatable bonds is 5. The molecule has 0 spiro atoms. The smallest absolute Gasteiger partial charge is 0.335 e. The summed E-state index contributed by atoms with van der Waals surface area (Å²) in [5.41, 5.74) is 0.795. The van der Waals surface area contributed by atoms with Crippen molar-refractivity contribution in [2.75, 3.05) is 7.11 Å². The number of benzene rings is 1. The van der Waals surface area contributed by atoms with Crippen molar-refractivity contribution in [3.8, 4) is 11.5 Å². The molecule has 0 aliphatic heterocycles. The number of methoxy groups -OCH3 is 1. The zero-order chi connectivity index (χ0) is 13.8. The fraction of sp³-hybridized carbons (Fsp3) is 0.231. The van der Waals surface area contributed by atoms with Crippen LogP contribution in [-0.4, -0.2) is 23.3 Å². The van der Waals surface area contributed by atoms with Gasteiger partial charge >= 0.3 is 5.97 Å². The number of carboxylic acids is 1. The first-order valence-corrected chi connectivity index (χ1v) is 5.56. The average molecular weight is 263 g/mol. The zero-order valence-electron chi connectivity index (χ0n) is 10.5. The van der Waals surface area contributed by atoms with E-state index in [-0.39, 0.29) is 12.2 Å². The van der Waals surface area contributed by atoms with Gasteiger partial charge in [-0.25, -0.2) is 4.79 Å². The van der Waals surface area contributed by atoms with Gasteiger partial charge in [-0.3, -0.25) is 0 Å². The molecule has 0 aliphatic rings. The molecule has 0 fully saturated rings. The fourth-order valence-electron chi connectivity index (χ4n) is 1.56. The van der Waals surface area contributed by atoms with Crippen LogP contribution in [0, 0.1) is 6.92 Å². The van der Waals surface area contributed by atoms with Gasteiger partial charge < -0.3 is 19.1 Å². The molecule has 1 N–H and O–H groups in total. The second-order valence-corrected chi connectivity index (χ2v) is 3.89. The maximum Gasteiger partial charge on any atom is 0.335 e. The van der Waals surface area contributed by atoms with Crippen LogP contribution >= 0.6 is 0 Å². The Morgan fingerprint density at radius 1 is 1.37 bits per heavy atom. The van der Waals surface area contributed by atoms with Crippen LogP contribution in [0.3, 0.4) is 0 Å². The quantitative estimate of drug-likeness (QED) is 0.891. The molecule has 0 amide bonds. The molecule has 19 heavy (non-hydrogen) atoms. The Kier molecular flexibility index (Phi) is 3.70. The molecule has 0 unspecified atom stereocenters. The molecule has 0 atom stereocenters. The molecule has 1 heterocycles. The minimum atomic E-state index is -1.02. The molecule has 1 aromatic carbocycles. The summed E-state index contributed by atoms with van der Waals surface area (Å²) >= 11 is 0. The predicted octanol–water partition coefficient (Wildman–Crippen LogP) is 2.27. The number of nitrogens with zero attached hydrogens (tertiary/aromatic N) is 1. The highest BCUT2D eigenvalue weighted by Crippen LogP contribution is 2.28. The Hall–Kier alpha value is -2.50. The lowest BCUT2D eigenvalue weighted by atomic mass is 10.2. The van der Waals surface area contributed by atoms with Crippen LogP contribution in [0.15, 0.2) is 28.8 Å². The topological polar surface area (TPSA) is 81.8 Å². The van der Waals surface area contributed by atoms with Gasteiger partial charge in [-0.15, -0.1) is 0 Å². The minimum Gasteiger partial charge on any atom is -0.493 e. The Bertz CT molecular complexity index is 590. The lowest BCUT2D eigenvalue weighted by molar-refractivity contribution is 0.0696. The van der Waals surface area contributed by atoms with E-state index in [2.05, 4.69) is 5.16 Å². The van der Waals surface area contributed by atoms with Gasteiger partial charge in [0.2, 0.25) is 0 Å². The van der Waals surface area contributed by atoms with E-state index in [0.717, 1.165) is 0 Å². The van der Waals surface area contributed by atoms with E-state index in [1.165, 1.54) is 19.2 Å². The molecule has 1 aromatic heterocycles. The molecule has 0 saturated heterocycles. The number of hydrogen-bond acceptors (Lipinski definition) is 5. The summed E-state index contributed by atoms with van der Waals surface area (Å²) in [6.45, 7) is 2.01. The van der Waals surface area contributed by atoms with Crippen molar-refractivity contribution in [1.29, 1.82) is 0 Å². The van der Waals surface area contributed by atoms with E-state index in [0.29, 0.717) is 23.0 Å². The third-order valence-electron chi connectivity index (χ3n) is 2.46. The van der Waals surface area contributed by atoms with E-state index < -0.39 is 5.97 Å². The highest BCUT2D eigenvalue weighted by molar-refractivity contribution is 5.88. The average Bonchev–Trinajstić information content (AvgIpc) is 2.81.